The third-order valence-corrected chi connectivity index (χ3v) is 6.78. The number of urea groups is 1. The topological polar surface area (TPSA) is 115 Å². The largest absolute Gasteiger partial charge is 0.508 e. The van der Waals surface area contributed by atoms with Gasteiger partial charge in [0.05, 0.1) is 5.56 Å². The lowest BCUT2D eigenvalue weighted by molar-refractivity contribution is -0.138. The van der Waals surface area contributed by atoms with E-state index in [2.05, 4.69) is 30.8 Å². The molecule has 4 aromatic rings. The number of ether oxygens (including phenoxy) is 1. The Morgan fingerprint density at radius 3 is 2.23 bits per heavy atom. The first-order chi connectivity index (χ1) is 20.6. The molecule has 1 fully saturated rings. The molecule has 224 valence electrons. The van der Waals surface area contributed by atoms with E-state index in [1.165, 1.54) is 18.5 Å². The average molecular weight is 594 g/mol. The molecule has 5 rings (SSSR count). The molecule has 0 saturated carbocycles. The molecule has 0 unspecified atom stereocenters. The fourth-order valence-corrected chi connectivity index (χ4v) is 4.48. The first-order valence-corrected chi connectivity index (χ1v) is 13.5. The average Bonchev–Trinajstić information content (AvgIpc) is 2.97. The van der Waals surface area contributed by atoms with Crippen LogP contribution >= 0.6 is 0 Å². The number of rotatable bonds is 8. The van der Waals surface area contributed by atoms with Crippen LogP contribution in [-0.4, -0.2) is 64.1 Å². The van der Waals surface area contributed by atoms with Crippen molar-refractivity contribution < 1.29 is 27.8 Å². The number of nitrogens with one attached hydrogen (secondary N) is 3. The lowest BCUT2D eigenvalue weighted by atomic mass is 10.0. The second-order valence-corrected chi connectivity index (χ2v) is 10.1. The third kappa shape index (κ3) is 8.33. The number of carbonyl (C=O) groups excluding carboxylic acids is 1. The Morgan fingerprint density at radius 1 is 0.884 bits per heavy atom. The lowest BCUT2D eigenvalue weighted by Gasteiger charge is -2.33. The van der Waals surface area contributed by atoms with Gasteiger partial charge in [0.15, 0.2) is 0 Å². The normalized spacial score (nSPS) is 14.2. The molecule has 1 saturated heterocycles. The van der Waals surface area contributed by atoms with Crippen molar-refractivity contribution in [1.29, 1.82) is 0 Å². The molecule has 0 radical (unpaired) electrons. The number of hydrogen-bond donors (Lipinski definition) is 4. The van der Waals surface area contributed by atoms with Crippen molar-refractivity contribution in [3.05, 3.63) is 90.3 Å². The SMILES string of the molecule is CN1CCN(Cc2ccc(NC(=O)Nc3ccc(Oc4cc(Nc5ccc(O)cc5)ncn4)cc3)cc2C(F)(F)F)CC1. The summed E-state index contributed by atoms with van der Waals surface area (Å²) in [5.74, 6) is 1.33. The van der Waals surface area contributed by atoms with Crippen LogP contribution in [0.4, 0.5) is 40.8 Å². The fraction of sp³-hybridized carbons (Fsp3) is 0.233. The van der Waals surface area contributed by atoms with Gasteiger partial charge in [0.2, 0.25) is 5.88 Å². The van der Waals surface area contributed by atoms with Crippen LogP contribution in [-0.2, 0) is 12.7 Å². The van der Waals surface area contributed by atoms with Gasteiger partial charge in [-0.3, -0.25) is 4.90 Å². The second kappa shape index (κ2) is 13.0. The van der Waals surface area contributed by atoms with E-state index in [9.17, 15) is 23.1 Å². The summed E-state index contributed by atoms with van der Waals surface area (Å²) < 4.78 is 47.4. The molecule has 10 nitrogen and oxygen atoms in total. The number of phenolic OH excluding ortho intramolecular Hbond substituents is 1. The van der Waals surface area contributed by atoms with E-state index >= 15 is 0 Å². The number of carbonyl (C=O) groups is 1. The number of piperazine rings is 1. The van der Waals surface area contributed by atoms with Gasteiger partial charge in [0.1, 0.15) is 23.6 Å². The molecule has 0 aliphatic carbocycles. The zero-order valence-electron chi connectivity index (χ0n) is 23.2. The van der Waals surface area contributed by atoms with Gasteiger partial charge < -0.3 is 30.7 Å². The van der Waals surface area contributed by atoms with E-state index in [0.29, 0.717) is 36.0 Å². The van der Waals surface area contributed by atoms with E-state index in [-0.39, 0.29) is 29.4 Å². The van der Waals surface area contributed by atoms with E-state index in [1.807, 2.05) is 11.9 Å². The molecule has 1 aliphatic heterocycles. The number of nitrogens with zero attached hydrogens (tertiary/aromatic N) is 4. The number of alkyl halides is 3. The zero-order chi connectivity index (χ0) is 30.4. The van der Waals surface area contributed by atoms with Crippen LogP contribution in [0.3, 0.4) is 0 Å². The van der Waals surface area contributed by atoms with Crippen molar-refractivity contribution in [3.8, 4) is 17.4 Å². The smallest absolute Gasteiger partial charge is 0.416 e. The summed E-state index contributed by atoms with van der Waals surface area (Å²) in [6.07, 6.45) is -3.22. The zero-order valence-corrected chi connectivity index (χ0v) is 23.2. The minimum absolute atomic E-state index is 0.0346. The summed E-state index contributed by atoms with van der Waals surface area (Å²) in [6.45, 7) is 3.18. The maximum atomic E-state index is 13.9. The van der Waals surface area contributed by atoms with Gasteiger partial charge in [-0.25, -0.2) is 14.8 Å². The minimum Gasteiger partial charge on any atom is -0.508 e. The van der Waals surface area contributed by atoms with Crippen LogP contribution in [0.15, 0.2) is 79.1 Å². The maximum Gasteiger partial charge on any atom is 0.416 e. The first kappa shape index (κ1) is 29.6. The van der Waals surface area contributed by atoms with Crippen molar-refractivity contribution in [3.63, 3.8) is 0 Å². The van der Waals surface area contributed by atoms with E-state index < -0.39 is 17.8 Å². The fourth-order valence-electron chi connectivity index (χ4n) is 4.48. The van der Waals surface area contributed by atoms with Crippen LogP contribution in [0.25, 0.3) is 0 Å². The Hall–Kier alpha value is -4.88. The standard InChI is InChI=1S/C30H30F3N7O3/c1-39-12-14-40(15-13-39)18-20-2-3-23(16-26(20)30(31,32)33)38-29(42)37-22-6-10-25(11-7-22)43-28-17-27(34-19-35-28)36-21-4-8-24(41)9-5-21/h2-11,16-17,19,41H,12-15,18H2,1H3,(H,34,35,36)(H2,37,38,42). The Labute approximate surface area is 246 Å². The lowest BCUT2D eigenvalue weighted by Crippen LogP contribution is -2.44. The molecule has 1 aromatic heterocycles. The highest BCUT2D eigenvalue weighted by atomic mass is 19.4. The van der Waals surface area contributed by atoms with Crippen LogP contribution in [0, 0.1) is 0 Å². The highest BCUT2D eigenvalue weighted by Crippen LogP contribution is 2.35. The van der Waals surface area contributed by atoms with Gasteiger partial charge in [0.25, 0.3) is 0 Å². The number of likely N-dealkylation sites (N-methyl/N-ethyl adjacent to an activating group) is 1. The molecular formula is C30H30F3N7O3. The summed E-state index contributed by atoms with van der Waals surface area (Å²) >= 11 is 0. The van der Waals surface area contributed by atoms with E-state index in [0.717, 1.165) is 19.2 Å². The molecule has 13 heteroatoms. The third-order valence-electron chi connectivity index (χ3n) is 6.78. The molecule has 2 heterocycles. The highest BCUT2D eigenvalue weighted by molar-refractivity contribution is 5.99. The maximum absolute atomic E-state index is 13.9. The van der Waals surface area contributed by atoms with Crippen LogP contribution in [0.2, 0.25) is 0 Å². The number of halogens is 3. The Morgan fingerprint density at radius 2 is 1.53 bits per heavy atom. The van der Waals surface area contributed by atoms with Gasteiger partial charge in [-0.1, -0.05) is 6.07 Å². The number of hydrogen-bond acceptors (Lipinski definition) is 8. The number of aromatic hydroxyl groups is 1. The van der Waals surface area contributed by atoms with Crippen molar-refractivity contribution in [2.75, 3.05) is 49.2 Å². The summed E-state index contributed by atoms with van der Waals surface area (Å²) in [5, 5.41) is 17.6. The van der Waals surface area contributed by atoms with Gasteiger partial charge in [-0.05, 0) is 73.3 Å². The molecular weight excluding hydrogens is 563 g/mol. The molecule has 2 amide bonds. The number of aromatic nitrogens is 2. The van der Waals surface area contributed by atoms with Crippen molar-refractivity contribution >= 4 is 28.9 Å². The summed E-state index contributed by atoms with van der Waals surface area (Å²) in [7, 11) is 1.99. The first-order valence-electron chi connectivity index (χ1n) is 13.5. The Bertz CT molecular complexity index is 1540. The van der Waals surface area contributed by atoms with Crippen molar-refractivity contribution in [1.82, 2.24) is 19.8 Å². The molecule has 43 heavy (non-hydrogen) atoms. The van der Waals surface area contributed by atoms with Crippen LogP contribution in [0.5, 0.6) is 17.4 Å². The minimum atomic E-state index is -4.56. The monoisotopic (exact) mass is 593 g/mol. The van der Waals surface area contributed by atoms with Gasteiger partial charge in [-0.2, -0.15) is 13.2 Å². The highest BCUT2D eigenvalue weighted by Gasteiger charge is 2.34. The predicted molar refractivity (Wildman–Crippen MR) is 157 cm³/mol. The molecule has 1 aliphatic rings. The number of amides is 2. The molecule has 0 bridgehead atoms. The second-order valence-electron chi connectivity index (χ2n) is 10.1. The van der Waals surface area contributed by atoms with Gasteiger partial charge >= 0.3 is 12.2 Å². The molecule has 3 aromatic carbocycles. The Kier molecular flexibility index (Phi) is 8.93. The summed E-state index contributed by atoms with van der Waals surface area (Å²) in [4.78, 5) is 25.0. The van der Waals surface area contributed by atoms with Gasteiger partial charge in [-0.15, -0.1) is 0 Å². The van der Waals surface area contributed by atoms with E-state index in [4.69, 9.17) is 4.74 Å². The van der Waals surface area contributed by atoms with Crippen molar-refractivity contribution in [2.24, 2.45) is 0 Å². The Balaban J connectivity index is 1.17. The van der Waals surface area contributed by atoms with Crippen molar-refractivity contribution in [2.45, 2.75) is 12.7 Å². The van der Waals surface area contributed by atoms with Crippen LogP contribution < -0.4 is 20.7 Å². The van der Waals surface area contributed by atoms with Crippen LogP contribution in [0.1, 0.15) is 11.1 Å². The number of benzene rings is 3. The molecule has 4 N–H and O–H groups in total. The van der Waals surface area contributed by atoms with Gasteiger partial charge in [0, 0.05) is 55.9 Å². The van der Waals surface area contributed by atoms with E-state index in [1.54, 1.807) is 54.6 Å². The predicted octanol–water partition coefficient (Wildman–Crippen LogP) is 6.13. The molecule has 0 atom stereocenters. The quantitative estimate of drug-likeness (QED) is 0.181. The summed E-state index contributed by atoms with van der Waals surface area (Å²) in [6, 6.07) is 17.6. The summed E-state index contributed by atoms with van der Waals surface area (Å²) in [5.41, 5.74) is 0.562. The number of phenols is 1. The number of anilines is 4. The molecule has 0 spiro atoms.